The number of aryl methyl sites for hydroxylation is 1. The quantitative estimate of drug-likeness (QED) is 0.800. The normalized spacial score (nSPS) is 20.9. The monoisotopic (exact) mass is 386 g/mol. The molecule has 0 saturated carbocycles. The van der Waals surface area contributed by atoms with Gasteiger partial charge in [0.2, 0.25) is 0 Å². The van der Waals surface area contributed by atoms with Crippen molar-refractivity contribution in [3.05, 3.63) is 47.7 Å². The molecule has 1 aromatic carbocycles. The number of fused-ring (bicyclic) bond motifs is 1. The van der Waals surface area contributed by atoms with Crippen molar-refractivity contribution in [1.82, 2.24) is 15.1 Å². The minimum atomic E-state index is -3.04. The number of carbonyl (C=O) groups is 1. The Balaban J connectivity index is 1.52. The van der Waals surface area contributed by atoms with Gasteiger partial charge >= 0.3 is 0 Å². The first-order valence-electron chi connectivity index (χ1n) is 9.11. The zero-order chi connectivity index (χ0) is 19.0. The highest BCUT2D eigenvalue weighted by Gasteiger charge is 2.33. The fourth-order valence-electron chi connectivity index (χ4n) is 3.78. The van der Waals surface area contributed by atoms with Gasteiger partial charge < -0.3 is 9.80 Å². The van der Waals surface area contributed by atoms with Crippen molar-refractivity contribution in [2.24, 2.45) is 0 Å². The lowest BCUT2D eigenvalue weighted by Gasteiger charge is -2.30. The molecule has 1 saturated heterocycles. The second kappa shape index (κ2) is 6.92. The largest absolute Gasteiger partial charge is 0.336 e. The van der Waals surface area contributed by atoms with Crippen LogP contribution in [0.2, 0.25) is 0 Å². The standard InChI is InChI=1S/C19H22N4O3S/c1-22(15-10-12-27(25,26)13-15)19(24)16-8-9-18(21-20-16)23-11-4-6-14-5-2-3-7-17(14)23/h2-3,5,7-9,15H,4,6,10-13H2,1H3. The predicted molar refractivity (Wildman–Crippen MR) is 103 cm³/mol. The molecule has 0 radical (unpaired) electrons. The SMILES string of the molecule is CN(C(=O)c1ccc(N2CCCc3ccccc32)nn1)C1CCS(=O)(=O)C1. The topological polar surface area (TPSA) is 83.5 Å². The van der Waals surface area contributed by atoms with Crippen molar-refractivity contribution in [3.63, 3.8) is 0 Å². The molecule has 27 heavy (non-hydrogen) atoms. The Hall–Kier alpha value is -2.48. The van der Waals surface area contributed by atoms with E-state index in [-0.39, 0.29) is 29.1 Å². The molecule has 1 fully saturated rings. The van der Waals surface area contributed by atoms with E-state index in [1.807, 2.05) is 18.2 Å². The number of anilines is 2. The smallest absolute Gasteiger partial charge is 0.274 e. The number of amides is 1. The minimum Gasteiger partial charge on any atom is -0.336 e. The van der Waals surface area contributed by atoms with Crippen LogP contribution in [0, 0.1) is 0 Å². The van der Waals surface area contributed by atoms with Gasteiger partial charge in [-0.1, -0.05) is 18.2 Å². The van der Waals surface area contributed by atoms with Crippen molar-refractivity contribution in [2.75, 3.05) is 30.0 Å². The fourth-order valence-corrected chi connectivity index (χ4v) is 5.56. The van der Waals surface area contributed by atoms with Crippen molar-refractivity contribution in [3.8, 4) is 0 Å². The Labute approximate surface area is 158 Å². The molecular formula is C19H22N4O3S. The van der Waals surface area contributed by atoms with Gasteiger partial charge in [-0.05, 0) is 43.0 Å². The number of sulfone groups is 1. The second-order valence-corrected chi connectivity index (χ2v) is 9.36. The molecule has 2 aliphatic rings. The van der Waals surface area contributed by atoms with Crippen molar-refractivity contribution in [1.29, 1.82) is 0 Å². The van der Waals surface area contributed by atoms with Gasteiger partial charge in [-0.3, -0.25) is 4.79 Å². The van der Waals surface area contributed by atoms with Crippen LogP contribution in [0.3, 0.4) is 0 Å². The van der Waals surface area contributed by atoms with Crippen LogP contribution in [-0.2, 0) is 16.3 Å². The summed E-state index contributed by atoms with van der Waals surface area (Å²) in [6.45, 7) is 0.860. The van der Waals surface area contributed by atoms with E-state index in [2.05, 4.69) is 27.2 Å². The van der Waals surface area contributed by atoms with Crippen molar-refractivity contribution >= 4 is 27.2 Å². The number of aromatic nitrogens is 2. The molecule has 1 aromatic heterocycles. The van der Waals surface area contributed by atoms with Gasteiger partial charge in [0, 0.05) is 25.3 Å². The van der Waals surface area contributed by atoms with Gasteiger partial charge in [0.25, 0.3) is 5.91 Å². The number of carbonyl (C=O) groups excluding carboxylic acids is 1. The summed E-state index contributed by atoms with van der Waals surface area (Å²) in [7, 11) is -1.41. The Morgan fingerprint density at radius 3 is 2.70 bits per heavy atom. The lowest BCUT2D eigenvalue weighted by atomic mass is 10.0. The highest BCUT2D eigenvalue weighted by molar-refractivity contribution is 7.91. The molecule has 1 unspecified atom stereocenters. The molecule has 1 atom stereocenters. The van der Waals surface area contributed by atoms with E-state index in [1.54, 1.807) is 13.1 Å². The van der Waals surface area contributed by atoms with Gasteiger partial charge in [-0.2, -0.15) is 0 Å². The van der Waals surface area contributed by atoms with Gasteiger partial charge in [-0.25, -0.2) is 8.42 Å². The third-order valence-corrected chi connectivity index (χ3v) is 7.08. The van der Waals surface area contributed by atoms with Gasteiger partial charge in [0.05, 0.1) is 11.5 Å². The first kappa shape index (κ1) is 17.9. The maximum atomic E-state index is 12.6. The maximum absolute atomic E-state index is 12.6. The Morgan fingerprint density at radius 1 is 1.19 bits per heavy atom. The van der Waals surface area contributed by atoms with Crippen LogP contribution in [0.15, 0.2) is 36.4 Å². The molecule has 1 amide bonds. The number of nitrogens with zero attached hydrogens (tertiary/aromatic N) is 4. The fraction of sp³-hybridized carbons (Fsp3) is 0.421. The van der Waals surface area contributed by atoms with Gasteiger partial charge in [0.15, 0.2) is 21.3 Å². The molecule has 3 heterocycles. The van der Waals surface area contributed by atoms with Crippen LogP contribution in [0.4, 0.5) is 11.5 Å². The van der Waals surface area contributed by atoms with E-state index < -0.39 is 9.84 Å². The molecule has 8 heteroatoms. The third-order valence-electron chi connectivity index (χ3n) is 5.33. The van der Waals surface area contributed by atoms with Crippen molar-refractivity contribution in [2.45, 2.75) is 25.3 Å². The number of hydrogen-bond acceptors (Lipinski definition) is 6. The summed E-state index contributed by atoms with van der Waals surface area (Å²) in [5.41, 5.74) is 2.65. The molecule has 0 N–H and O–H groups in total. The van der Waals surface area contributed by atoms with E-state index in [0.29, 0.717) is 12.2 Å². The summed E-state index contributed by atoms with van der Waals surface area (Å²) in [5.74, 6) is 0.569. The first-order chi connectivity index (χ1) is 12.9. The van der Waals surface area contributed by atoms with Crippen molar-refractivity contribution < 1.29 is 13.2 Å². The average molecular weight is 386 g/mol. The van der Waals surface area contributed by atoms with Crippen LogP contribution in [0.1, 0.15) is 28.9 Å². The van der Waals surface area contributed by atoms with Crippen LogP contribution >= 0.6 is 0 Å². The van der Waals surface area contributed by atoms with E-state index in [0.717, 1.165) is 25.1 Å². The molecule has 7 nitrogen and oxygen atoms in total. The summed E-state index contributed by atoms with van der Waals surface area (Å²) in [6.07, 6.45) is 2.56. The number of rotatable bonds is 3. The van der Waals surface area contributed by atoms with E-state index >= 15 is 0 Å². The van der Waals surface area contributed by atoms with Crippen LogP contribution in [0.5, 0.6) is 0 Å². The Kier molecular flexibility index (Phi) is 4.59. The van der Waals surface area contributed by atoms with E-state index in [9.17, 15) is 13.2 Å². The molecule has 0 bridgehead atoms. The predicted octanol–water partition coefficient (Wildman–Crippen LogP) is 1.82. The zero-order valence-electron chi connectivity index (χ0n) is 15.2. The Morgan fingerprint density at radius 2 is 2.00 bits per heavy atom. The lowest BCUT2D eigenvalue weighted by molar-refractivity contribution is 0.0740. The molecule has 142 valence electrons. The summed E-state index contributed by atoms with van der Waals surface area (Å²) < 4.78 is 23.3. The highest BCUT2D eigenvalue weighted by atomic mass is 32.2. The summed E-state index contributed by atoms with van der Waals surface area (Å²) in [5, 5.41) is 8.39. The molecule has 4 rings (SSSR count). The maximum Gasteiger partial charge on any atom is 0.274 e. The molecular weight excluding hydrogens is 364 g/mol. The molecule has 2 aromatic rings. The number of benzene rings is 1. The summed E-state index contributed by atoms with van der Waals surface area (Å²) in [6, 6.07) is 11.4. The summed E-state index contributed by atoms with van der Waals surface area (Å²) >= 11 is 0. The van der Waals surface area contributed by atoms with E-state index in [1.165, 1.54) is 10.5 Å². The van der Waals surface area contributed by atoms with Crippen LogP contribution in [-0.4, -0.2) is 60.6 Å². The molecule has 2 aliphatic heterocycles. The van der Waals surface area contributed by atoms with Crippen LogP contribution < -0.4 is 4.90 Å². The van der Waals surface area contributed by atoms with Crippen LogP contribution in [0.25, 0.3) is 0 Å². The minimum absolute atomic E-state index is 0.0192. The highest BCUT2D eigenvalue weighted by Crippen LogP contribution is 2.31. The number of hydrogen-bond donors (Lipinski definition) is 0. The zero-order valence-corrected chi connectivity index (χ0v) is 16.0. The second-order valence-electron chi connectivity index (χ2n) is 7.13. The number of para-hydroxylation sites is 1. The molecule has 0 spiro atoms. The van der Waals surface area contributed by atoms with Gasteiger partial charge in [-0.15, -0.1) is 10.2 Å². The summed E-state index contributed by atoms with van der Waals surface area (Å²) in [4.78, 5) is 16.2. The first-order valence-corrected chi connectivity index (χ1v) is 10.9. The van der Waals surface area contributed by atoms with Gasteiger partial charge in [0.1, 0.15) is 0 Å². The average Bonchev–Trinajstić information content (AvgIpc) is 3.06. The Bertz CT molecular complexity index is 959. The molecule has 0 aliphatic carbocycles. The lowest BCUT2D eigenvalue weighted by Crippen LogP contribution is -2.38. The third kappa shape index (κ3) is 3.53. The van der Waals surface area contributed by atoms with E-state index in [4.69, 9.17) is 0 Å².